The van der Waals surface area contributed by atoms with Crippen molar-refractivity contribution in [2.75, 3.05) is 0 Å². The number of nitrogens with one attached hydrogen (secondary N) is 3. The number of halogens is 4. The van der Waals surface area contributed by atoms with Gasteiger partial charge in [0.05, 0.1) is 30.2 Å². The van der Waals surface area contributed by atoms with E-state index in [-0.39, 0.29) is 24.4 Å². The van der Waals surface area contributed by atoms with Crippen molar-refractivity contribution >= 4 is 11.8 Å². The minimum Gasteiger partial charge on any atom is -0.348 e. The predicted octanol–water partition coefficient (Wildman–Crippen LogP) is 2.63. The first-order chi connectivity index (χ1) is 12.7. The summed E-state index contributed by atoms with van der Waals surface area (Å²) >= 11 is 0. The van der Waals surface area contributed by atoms with Gasteiger partial charge in [0.1, 0.15) is 5.82 Å². The second kappa shape index (κ2) is 7.46. The largest absolute Gasteiger partial charge is 0.419 e. The lowest BCUT2D eigenvalue weighted by atomic mass is 9.99. The fraction of sp³-hybridized carbons (Fsp3) is 0.556. The molecule has 1 aliphatic carbocycles. The summed E-state index contributed by atoms with van der Waals surface area (Å²) in [6.45, 7) is 1.86. The van der Waals surface area contributed by atoms with Gasteiger partial charge in [0.2, 0.25) is 11.8 Å². The summed E-state index contributed by atoms with van der Waals surface area (Å²) in [7, 11) is 0. The number of amides is 2. The van der Waals surface area contributed by atoms with E-state index in [1.54, 1.807) is 0 Å². The molecule has 2 aliphatic rings. The van der Waals surface area contributed by atoms with Crippen LogP contribution < -0.4 is 16.0 Å². The maximum absolute atomic E-state index is 13.9. The zero-order chi connectivity index (χ0) is 19.8. The van der Waals surface area contributed by atoms with Crippen LogP contribution in [0.5, 0.6) is 0 Å². The lowest BCUT2D eigenvalue weighted by Gasteiger charge is -2.31. The maximum Gasteiger partial charge on any atom is 0.419 e. The van der Waals surface area contributed by atoms with Gasteiger partial charge in [-0.05, 0) is 42.9 Å². The van der Waals surface area contributed by atoms with Crippen molar-refractivity contribution in [2.45, 2.75) is 57.0 Å². The number of hydrogen-bond acceptors (Lipinski definition) is 3. The van der Waals surface area contributed by atoms with Gasteiger partial charge < -0.3 is 10.6 Å². The third kappa shape index (κ3) is 4.58. The van der Waals surface area contributed by atoms with Crippen LogP contribution in [0.1, 0.15) is 49.8 Å². The van der Waals surface area contributed by atoms with Crippen LogP contribution in [0.25, 0.3) is 0 Å². The highest BCUT2D eigenvalue weighted by Gasteiger charge is 2.38. The fourth-order valence-corrected chi connectivity index (χ4v) is 3.28. The Hall–Kier alpha value is -2.16. The Balaban J connectivity index is 1.76. The van der Waals surface area contributed by atoms with E-state index in [0.717, 1.165) is 18.9 Å². The molecule has 0 aromatic heterocycles. The van der Waals surface area contributed by atoms with Gasteiger partial charge in [-0.25, -0.2) is 4.39 Å². The molecule has 0 bridgehead atoms. The van der Waals surface area contributed by atoms with Gasteiger partial charge in [-0.15, -0.1) is 0 Å². The number of carbonyl (C=O) groups excluding carboxylic acids is 2. The molecule has 148 valence electrons. The van der Waals surface area contributed by atoms with E-state index in [1.165, 1.54) is 6.07 Å². The Morgan fingerprint density at radius 1 is 1.33 bits per heavy atom. The van der Waals surface area contributed by atoms with Crippen LogP contribution in [0, 0.1) is 11.7 Å². The maximum atomic E-state index is 13.9. The highest BCUT2D eigenvalue weighted by atomic mass is 19.4. The van der Waals surface area contributed by atoms with E-state index >= 15 is 0 Å². The average Bonchev–Trinajstić information content (AvgIpc) is 3.42. The SMILES string of the molecule is CCC1NC(=O)CC(C(=O)N[C@@H](c2ccc(C(F)(F)F)c(F)c2)C2CC2)N1. The first-order valence-electron chi connectivity index (χ1n) is 8.91. The van der Waals surface area contributed by atoms with E-state index in [1.807, 2.05) is 6.92 Å². The van der Waals surface area contributed by atoms with E-state index in [0.29, 0.717) is 18.1 Å². The molecule has 2 amide bonds. The van der Waals surface area contributed by atoms with Gasteiger partial charge in [0, 0.05) is 0 Å². The number of hydrogen-bond donors (Lipinski definition) is 3. The van der Waals surface area contributed by atoms with E-state index < -0.39 is 35.5 Å². The summed E-state index contributed by atoms with van der Waals surface area (Å²) in [4.78, 5) is 24.3. The van der Waals surface area contributed by atoms with Crippen LogP contribution >= 0.6 is 0 Å². The first-order valence-corrected chi connectivity index (χ1v) is 8.91. The van der Waals surface area contributed by atoms with Gasteiger partial charge >= 0.3 is 6.18 Å². The summed E-state index contributed by atoms with van der Waals surface area (Å²) in [5.41, 5.74) is -1.04. The minimum absolute atomic E-state index is 0.0267. The number of benzene rings is 1. The molecule has 2 unspecified atom stereocenters. The monoisotopic (exact) mass is 387 g/mol. The molecule has 0 radical (unpaired) electrons. The number of carbonyl (C=O) groups is 2. The second-order valence-electron chi connectivity index (χ2n) is 7.01. The Morgan fingerprint density at radius 2 is 2.04 bits per heavy atom. The van der Waals surface area contributed by atoms with Gasteiger partial charge in [-0.2, -0.15) is 13.2 Å². The Morgan fingerprint density at radius 3 is 2.59 bits per heavy atom. The number of alkyl halides is 3. The molecule has 1 saturated heterocycles. The Bertz CT molecular complexity index is 734. The Labute approximate surface area is 153 Å². The van der Waals surface area contributed by atoms with Gasteiger partial charge in [0.15, 0.2) is 0 Å². The molecule has 0 spiro atoms. The molecular formula is C18H21F4N3O2. The normalized spacial score (nSPS) is 24.3. The molecular weight excluding hydrogens is 366 g/mol. The molecule has 3 atom stereocenters. The van der Waals surface area contributed by atoms with Crippen molar-refractivity contribution in [1.82, 2.24) is 16.0 Å². The average molecular weight is 387 g/mol. The van der Waals surface area contributed by atoms with Crippen LogP contribution in [0.15, 0.2) is 18.2 Å². The third-order valence-electron chi connectivity index (χ3n) is 4.90. The van der Waals surface area contributed by atoms with Crippen LogP contribution in [-0.2, 0) is 15.8 Å². The van der Waals surface area contributed by atoms with Crippen LogP contribution in [0.4, 0.5) is 17.6 Å². The topological polar surface area (TPSA) is 70.2 Å². The summed E-state index contributed by atoms with van der Waals surface area (Å²) in [6, 6.07) is 1.42. The van der Waals surface area contributed by atoms with Crippen LogP contribution in [0.3, 0.4) is 0 Å². The molecule has 1 aromatic carbocycles. The zero-order valence-corrected chi connectivity index (χ0v) is 14.7. The van der Waals surface area contributed by atoms with Gasteiger partial charge in [-0.3, -0.25) is 14.9 Å². The van der Waals surface area contributed by atoms with Gasteiger partial charge in [0.25, 0.3) is 0 Å². The summed E-state index contributed by atoms with van der Waals surface area (Å²) < 4.78 is 52.2. The highest BCUT2D eigenvalue weighted by molar-refractivity contribution is 5.89. The molecule has 1 saturated carbocycles. The zero-order valence-electron chi connectivity index (χ0n) is 14.7. The van der Waals surface area contributed by atoms with Crippen molar-refractivity contribution in [3.05, 3.63) is 35.1 Å². The lowest BCUT2D eigenvalue weighted by molar-refractivity contribution is -0.140. The van der Waals surface area contributed by atoms with E-state index in [4.69, 9.17) is 0 Å². The molecule has 9 heteroatoms. The Kier molecular flexibility index (Phi) is 5.41. The minimum atomic E-state index is -4.77. The second-order valence-corrected chi connectivity index (χ2v) is 7.01. The van der Waals surface area contributed by atoms with Crippen molar-refractivity contribution < 1.29 is 27.2 Å². The smallest absolute Gasteiger partial charge is 0.348 e. The fourth-order valence-electron chi connectivity index (χ4n) is 3.28. The quantitative estimate of drug-likeness (QED) is 0.681. The van der Waals surface area contributed by atoms with E-state index in [2.05, 4.69) is 16.0 Å². The molecule has 1 heterocycles. The predicted molar refractivity (Wildman–Crippen MR) is 88.8 cm³/mol. The van der Waals surface area contributed by atoms with E-state index in [9.17, 15) is 27.2 Å². The number of rotatable bonds is 5. The third-order valence-corrected chi connectivity index (χ3v) is 4.90. The van der Waals surface area contributed by atoms with Crippen molar-refractivity contribution in [3.8, 4) is 0 Å². The molecule has 2 fully saturated rings. The first kappa shape index (κ1) is 19.6. The van der Waals surface area contributed by atoms with Crippen LogP contribution in [0.2, 0.25) is 0 Å². The van der Waals surface area contributed by atoms with Crippen molar-refractivity contribution in [1.29, 1.82) is 0 Å². The molecule has 5 nitrogen and oxygen atoms in total. The van der Waals surface area contributed by atoms with Crippen molar-refractivity contribution in [2.24, 2.45) is 5.92 Å². The van der Waals surface area contributed by atoms with Gasteiger partial charge in [-0.1, -0.05) is 13.0 Å². The molecule has 3 rings (SSSR count). The standard InChI is InChI=1S/C18H21F4N3O2/c1-2-14-23-13(8-15(26)24-14)17(27)25-16(9-3-4-9)10-5-6-11(12(19)7-10)18(20,21)22/h5-7,9,13-14,16,23H,2-4,8H2,1H3,(H,24,26)(H,25,27)/t13?,14?,16-/m1/s1. The molecule has 27 heavy (non-hydrogen) atoms. The highest BCUT2D eigenvalue weighted by Crippen LogP contribution is 2.42. The molecule has 1 aliphatic heterocycles. The van der Waals surface area contributed by atoms with Crippen LogP contribution in [-0.4, -0.2) is 24.0 Å². The van der Waals surface area contributed by atoms with Crippen molar-refractivity contribution in [3.63, 3.8) is 0 Å². The summed E-state index contributed by atoms with van der Waals surface area (Å²) in [6.07, 6.45) is -2.92. The lowest BCUT2D eigenvalue weighted by Crippen LogP contribution is -2.60. The summed E-state index contributed by atoms with van der Waals surface area (Å²) in [5, 5.41) is 8.52. The summed E-state index contributed by atoms with van der Waals surface area (Å²) in [5.74, 6) is -1.98. The molecule has 1 aromatic rings. The molecule has 3 N–H and O–H groups in total.